The molecule has 4 rings (SSSR count). The molecule has 2 N–H and O–H groups in total. The van der Waals surface area contributed by atoms with E-state index in [1.165, 1.54) is 6.20 Å². The molecule has 3 aliphatic rings. The molecule has 3 aliphatic carbocycles. The Hall–Kier alpha value is -2.19. The number of anilines is 1. The maximum atomic E-state index is 12.8. The minimum absolute atomic E-state index is 0.0170. The number of alkyl halides is 2. The summed E-state index contributed by atoms with van der Waals surface area (Å²) >= 11 is 0. The number of carboxylic acid groups (broad SMARTS) is 1. The van der Waals surface area contributed by atoms with E-state index in [1.807, 2.05) is 0 Å². The quantitative estimate of drug-likeness (QED) is 0.798. The van der Waals surface area contributed by atoms with Crippen LogP contribution in [0, 0.1) is 23.2 Å². The molecule has 0 spiro atoms. The smallest absolute Gasteiger partial charge is 0.387 e. The number of carboxylic acids is 1. The fraction of sp³-hybridized carbons (Fsp3) is 0.706. The molecule has 26 heavy (non-hydrogen) atoms. The second-order valence-corrected chi connectivity index (χ2v) is 7.83. The molecule has 4 atom stereocenters. The number of nitrogens with one attached hydrogen (secondary N) is 1. The number of nitrogens with zero attached hydrogens (tertiary/aromatic N) is 2. The Bertz CT molecular complexity index is 765. The van der Waals surface area contributed by atoms with E-state index in [4.69, 9.17) is 5.11 Å². The predicted octanol–water partition coefficient (Wildman–Crippen LogP) is 2.41. The number of hydrogen-bond donors (Lipinski definition) is 2. The maximum Gasteiger partial charge on any atom is 0.387 e. The van der Waals surface area contributed by atoms with Crippen LogP contribution < -0.4 is 15.6 Å². The van der Waals surface area contributed by atoms with Gasteiger partial charge in [-0.1, -0.05) is 20.8 Å². The first-order valence-electron chi connectivity index (χ1n) is 8.64. The van der Waals surface area contributed by atoms with Crippen LogP contribution in [0.15, 0.2) is 11.0 Å². The molecule has 2 bridgehead atoms. The Balaban J connectivity index is 1.86. The van der Waals surface area contributed by atoms with Gasteiger partial charge in [-0.3, -0.25) is 9.59 Å². The van der Waals surface area contributed by atoms with Gasteiger partial charge in [-0.25, -0.2) is 4.68 Å². The zero-order valence-corrected chi connectivity index (χ0v) is 14.9. The van der Waals surface area contributed by atoms with Crippen molar-refractivity contribution in [3.8, 4) is 5.75 Å². The van der Waals surface area contributed by atoms with Crippen molar-refractivity contribution < 1.29 is 23.4 Å². The highest BCUT2D eigenvalue weighted by Crippen LogP contribution is 2.61. The summed E-state index contributed by atoms with van der Waals surface area (Å²) in [5, 5.41) is 15.7. The summed E-state index contributed by atoms with van der Waals surface area (Å²) in [5.41, 5.74) is -0.650. The molecule has 1 aromatic heterocycles. The van der Waals surface area contributed by atoms with Crippen LogP contribution in [-0.2, 0) is 11.3 Å². The summed E-state index contributed by atoms with van der Waals surface area (Å²) in [6.07, 6.45) is 3.21. The van der Waals surface area contributed by atoms with Crippen LogP contribution in [0.2, 0.25) is 0 Å². The highest BCUT2D eigenvalue weighted by atomic mass is 19.3. The van der Waals surface area contributed by atoms with Crippen LogP contribution in [0.25, 0.3) is 0 Å². The van der Waals surface area contributed by atoms with Crippen molar-refractivity contribution in [1.29, 1.82) is 0 Å². The third-order valence-corrected chi connectivity index (χ3v) is 6.19. The van der Waals surface area contributed by atoms with Crippen molar-refractivity contribution in [3.63, 3.8) is 0 Å². The highest BCUT2D eigenvalue weighted by molar-refractivity contribution is 5.66. The number of carbonyl (C=O) groups is 1. The molecule has 9 heteroatoms. The van der Waals surface area contributed by atoms with Gasteiger partial charge >= 0.3 is 18.1 Å². The van der Waals surface area contributed by atoms with Gasteiger partial charge in [-0.05, 0) is 36.0 Å². The molecule has 144 valence electrons. The van der Waals surface area contributed by atoms with Crippen LogP contribution in [-0.4, -0.2) is 33.5 Å². The lowest BCUT2D eigenvalue weighted by atomic mass is 9.45. The van der Waals surface area contributed by atoms with Crippen LogP contribution in [0.5, 0.6) is 5.75 Å². The van der Waals surface area contributed by atoms with Gasteiger partial charge < -0.3 is 15.2 Å². The van der Waals surface area contributed by atoms with E-state index in [1.54, 1.807) is 0 Å². The molecule has 1 heterocycles. The van der Waals surface area contributed by atoms with Gasteiger partial charge in [0.1, 0.15) is 12.2 Å². The minimum atomic E-state index is -3.19. The van der Waals surface area contributed by atoms with Gasteiger partial charge in [0.2, 0.25) is 5.75 Å². The van der Waals surface area contributed by atoms with Gasteiger partial charge in [-0.2, -0.15) is 13.9 Å². The van der Waals surface area contributed by atoms with E-state index < -0.39 is 30.4 Å². The third kappa shape index (κ3) is 3.14. The SMILES string of the molecule is C[C@H]1C(Nc2cnn(CC(=O)O)c(=O)c2OC(F)F)C[C@@H]2CC1C2(C)C. The van der Waals surface area contributed by atoms with E-state index >= 15 is 0 Å². The third-order valence-electron chi connectivity index (χ3n) is 6.19. The fourth-order valence-corrected chi connectivity index (χ4v) is 4.56. The predicted molar refractivity (Wildman–Crippen MR) is 89.3 cm³/mol. The summed E-state index contributed by atoms with van der Waals surface area (Å²) in [5.74, 6) is -0.524. The summed E-state index contributed by atoms with van der Waals surface area (Å²) in [6.45, 7) is 2.69. The number of aliphatic carboxylic acids is 1. The van der Waals surface area contributed by atoms with Crippen molar-refractivity contribution in [3.05, 3.63) is 16.6 Å². The van der Waals surface area contributed by atoms with Crippen molar-refractivity contribution in [2.75, 3.05) is 5.32 Å². The van der Waals surface area contributed by atoms with Crippen molar-refractivity contribution >= 4 is 11.7 Å². The molecule has 0 saturated heterocycles. The zero-order chi connectivity index (χ0) is 19.2. The van der Waals surface area contributed by atoms with Crippen molar-refractivity contribution in [2.45, 2.75) is 52.8 Å². The first kappa shape index (κ1) is 18.6. The molecule has 0 amide bonds. The normalized spacial score (nSPS) is 29.2. The molecular formula is C17H23F2N3O4. The zero-order valence-electron chi connectivity index (χ0n) is 14.9. The monoisotopic (exact) mass is 371 g/mol. The number of rotatable bonds is 6. The number of hydrogen-bond acceptors (Lipinski definition) is 5. The highest BCUT2D eigenvalue weighted by Gasteiger charge is 2.56. The van der Waals surface area contributed by atoms with E-state index in [0.717, 1.165) is 12.8 Å². The first-order chi connectivity index (χ1) is 12.1. The van der Waals surface area contributed by atoms with Crippen LogP contribution in [0.3, 0.4) is 0 Å². The standard InChI is InChI=1S/C17H23F2N3O4/c1-8-10-4-9(17(10,2)3)5-11(8)21-12-6-20-22(7-13(23)24)15(25)14(12)26-16(18)19/h6,8-11,16,21H,4-5,7H2,1-3H3,(H,23,24)/t8-,9+,10?,11?/m1/s1. The number of fused-ring (bicyclic) bond motifs is 2. The summed E-state index contributed by atoms with van der Waals surface area (Å²) in [4.78, 5) is 23.1. The molecule has 7 nitrogen and oxygen atoms in total. The Kier molecular flexibility index (Phi) is 4.66. The minimum Gasteiger partial charge on any atom is -0.480 e. The Morgan fingerprint density at radius 1 is 1.50 bits per heavy atom. The van der Waals surface area contributed by atoms with Crippen molar-refractivity contribution in [2.24, 2.45) is 23.2 Å². The van der Waals surface area contributed by atoms with Crippen LogP contribution >= 0.6 is 0 Å². The van der Waals surface area contributed by atoms with Crippen LogP contribution in [0.1, 0.15) is 33.6 Å². The molecule has 3 fully saturated rings. The lowest BCUT2D eigenvalue weighted by Crippen LogP contribution is -2.58. The molecule has 0 radical (unpaired) electrons. The van der Waals surface area contributed by atoms with E-state index in [-0.39, 0.29) is 17.1 Å². The number of halogens is 2. The average Bonchev–Trinajstić information content (AvgIpc) is 2.53. The largest absolute Gasteiger partial charge is 0.480 e. The lowest BCUT2D eigenvalue weighted by Gasteiger charge is -2.62. The topological polar surface area (TPSA) is 93.5 Å². The average molecular weight is 371 g/mol. The summed E-state index contributed by atoms with van der Waals surface area (Å²) in [6, 6.07) is 0.0170. The van der Waals surface area contributed by atoms with E-state index in [9.17, 15) is 18.4 Å². The fourth-order valence-electron chi connectivity index (χ4n) is 4.56. The van der Waals surface area contributed by atoms with Gasteiger partial charge in [0, 0.05) is 6.04 Å². The van der Waals surface area contributed by atoms with Gasteiger partial charge in [0.15, 0.2) is 0 Å². The van der Waals surface area contributed by atoms with Gasteiger partial charge in [0.05, 0.1) is 6.20 Å². The molecular weight excluding hydrogens is 348 g/mol. The molecule has 3 saturated carbocycles. The molecule has 0 aliphatic heterocycles. The van der Waals surface area contributed by atoms with E-state index in [0.29, 0.717) is 22.4 Å². The van der Waals surface area contributed by atoms with Gasteiger partial charge in [0.25, 0.3) is 0 Å². The molecule has 2 unspecified atom stereocenters. The number of aromatic nitrogens is 2. The molecule has 0 aromatic carbocycles. The Morgan fingerprint density at radius 2 is 2.19 bits per heavy atom. The van der Waals surface area contributed by atoms with Gasteiger partial charge in [-0.15, -0.1) is 0 Å². The second kappa shape index (κ2) is 6.51. The first-order valence-corrected chi connectivity index (χ1v) is 8.64. The van der Waals surface area contributed by atoms with Crippen LogP contribution in [0.4, 0.5) is 14.5 Å². The second-order valence-electron chi connectivity index (χ2n) is 7.83. The lowest BCUT2D eigenvalue weighted by molar-refractivity contribution is -0.138. The Morgan fingerprint density at radius 3 is 2.73 bits per heavy atom. The maximum absolute atomic E-state index is 12.8. The van der Waals surface area contributed by atoms with E-state index in [2.05, 4.69) is 35.9 Å². The molecule has 1 aromatic rings. The Labute approximate surface area is 149 Å². The van der Waals surface area contributed by atoms with Crippen molar-refractivity contribution in [1.82, 2.24) is 9.78 Å². The summed E-state index contributed by atoms with van der Waals surface area (Å²) < 4.78 is 30.5. The number of ether oxygens (including phenoxy) is 1. The summed E-state index contributed by atoms with van der Waals surface area (Å²) in [7, 11) is 0.